The molecular weight excluding hydrogens is 275 g/mol. The summed E-state index contributed by atoms with van der Waals surface area (Å²) in [6, 6.07) is 4.97. The molecule has 1 aromatic carbocycles. The second-order valence-electron chi connectivity index (χ2n) is 4.19. The van der Waals surface area contributed by atoms with E-state index in [2.05, 4.69) is 16.8 Å². The van der Waals surface area contributed by atoms with Gasteiger partial charge in [-0.3, -0.25) is 0 Å². The van der Waals surface area contributed by atoms with Gasteiger partial charge in [0.2, 0.25) is 0 Å². The van der Waals surface area contributed by atoms with Crippen molar-refractivity contribution in [3.8, 4) is 11.8 Å². The lowest BCUT2D eigenvalue weighted by Gasteiger charge is -2.04. The molecule has 5 heteroatoms. The Bertz CT molecular complexity index is 643. The Labute approximate surface area is 121 Å². The summed E-state index contributed by atoms with van der Waals surface area (Å²) >= 11 is 1.49. The standard InChI is InChI=1S/C15H15FN2OS/c1-18-8-7-17-15(18)20-11-13-6-5-12(10-14(13)16)4-2-3-9-19/h5-8,10,19H,3,9,11H2,1H3. The summed E-state index contributed by atoms with van der Waals surface area (Å²) < 4.78 is 15.8. The van der Waals surface area contributed by atoms with Gasteiger partial charge in [0.1, 0.15) is 5.82 Å². The first-order valence-electron chi connectivity index (χ1n) is 6.19. The van der Waals surface area contributed by atoms with Crippen molar-refractivity contribution in [1.82, 2.24) is 9.55 Å². The lowest BCUT2D eigenvalue weighted by atomic mass is 10.1. The van der Waals surface area contributed by atoms with Crippen LogP contribution in [0.1, 0.15) is 17.5 Å². The van der Waals surface area contributed by atoms with Crippen LogP contribution in [-0.2, 0) is 12.8 Å². The van der Waals surface area contributed by atoms with Crippen LogP contribution < -0.4 is 0 Å². The summed E-state index contributed by atoms with van der Waals surface area (Å²) in [5, 5.41) is 9.50. The van der Waals surface area contributed by atoms with E-state index in [1.54, 1.807) is 18.3 Å². The van der Waals surface area contributed by atoms with Gasteiger partial charge in [-0.2, -0.15) is 0 Å². The number of benzene rings is 1. The van der Waals surface area contributed by atoms with Crippen LogP contribution in [0.3, 0.4) is 0 Å². The van der Waals surface area contributed by atoms with Gasteiger partial charge in [-0.15, -0.1) is 0 Å². The third-order valence-corrected chi connectivity index (χ3v) is 3.76. The first-order valence-corrected chi connectivity index (χ1v) is 7.17. The van der Waals surface area contributed by atoms with E-state index in [-0.39, 0.29) is 12.4 Å². The van der Waals surface area contributed by atoms with Crippen molar-refractivity contribution in [2.45, 2.75) is 17.3 Å². The molecule has 2 aromatic rings. The Morgan fingerprint density at radius 3 is 2.95 bits per heavy atom. The number of aryl methyl sites for hydroxylation is 1. The smallest absolute Gasteiger partial charge is 0.167 e. The quantitative estimate of drug-likeness (QED) is 0.695. The van der Waals surface area contributed by atoms with Crippen molar-refractivity contribution in [3.63, 3.8) is 0 Å². The number of nitrogens with zero attached hydrogens (tertiary/aromatic N) is 2. The van der Waals surface area contributed by atoms with Crippen LogP contribution >= 0.6 is 11.8 Å². The van der Waals surface area contributed by atoms with Crippen LogP contribution in [-0.4, -0.2) is 21.3 Å². The van der Waals surface area contributed by atoms with Gasteiger partial charge in [0, 0.05) is 37.2 Å². The Morgan fingerprint density at radius 1 is 1.45 bits per heavy atom. The van der Waals surface area contributed by atoms with E-state index in [1.807, 2.05) is 17.8 Å². The molecule has 0 aliphatic heterocycles. The van der Waals surface area contributed by atoms with Gasteiger partial charge in [0.15, 0.2) is 5.16 Å². The van der Waals surface area contributed by atoms with Gasteiger partial charge >= 0.3 is 0 Å². The van der Waals surface area contributed by atoms with Gasteiger partial charge < -0.3 is 9.67 Å². The summed E-state index contributed by atoms with van der Waals surface area (Å²) in [5.74, 6) is 5.86. The minimum Gasteiger partial charge on any atom is -0.395 e. The molecule has 0 fully saturated rings. The third kappa shape index (κ3) is 3.86. The van der Waals surface area contributed by atoms with E-state index in [0.717, 1.165) is 5.16 Å². The van der Waals surface area contributed by atoms with Crippen LogP contribution in [0.4, 0.5) is 4.39 Å². The molecule has 3 nitrogen and oxygen atoms in total. The van der Waals surface area contributed by atoms with Gasteiger partial charge in [-0.25, -0.2) is 9.37 Å². The maximum Gasteiger partial charge on any atom is 0.167 e. The van der Waals surface area contributed by atoms with Crippen LogP contribution in [0.25, 0.3) is 0 Å². The molecule has 1 heterocycles. The van der Waals surface area contributed by atoms with Crippen molar-refractivity contribution in [2.24, 2.45) is 7.05 Å². The lowest BCUT2D eigenvalue weighted by molar-refractivity contribution is 0.305. The molecule has 2 rings (SSSR count). The molecule has 0 saturated heterocycles. The fourth-order valence-corrected chi connectivity index (χ4v) is 2.51. The summed E-state index contributed by atoms with van der Waals surface area (Å²) in [7, 11) is 1.91. The number of aromatic nitrogens is 2. The van der Waals surface area contributed by atoms with Crippen LogP contribution in [0.15, 0.2) is 35.7 Å². The van der Waals surface area contributed by atoms with E-state index >= 15 is 0 Å². The topological polar surface area (TPSA) is 38.0 Å². The van der Waals surface area contributed by atoms with Crippen molar-refractivity contribution in [3.05, 3.63) is 47.5 Å². The summed E-state index contributed by atoms with van der Waals surface area (Å²) in [6.45, 7) is 0.0217. The second kappa shape index (κ2) is 7.13. The average molecular weight is 290 g/mol. The predicted octanol–water partition coefficient (Wildman–Crippen LogP) is 2.59. The van der Waals surface area contributed by atoms with Gasteiger partial charge in [-0.05, 0) is 17.7 Å². The molecule has 1 N–H and O–H groups in total. The van der Waals surface area contributed by atoms with E-state index < -0.39 is 0 Å². The van der Waals surface area contributed by atoms with Gasteiger partial charge in [-0.1, -0.05) is 29.7 Å². The Kier molecular flexibility index (Phi) is 5.22. The molecule has 0 amide bonds. The SMILES string of the molecule is Cn1ccnc1SCc1ccc(C#CCCO)cc1F. The number of imidazole rings is 1. The van der Waals surface area contributed by atoms with Crippen LogP contribution in [0.5, 0.6) is 0 Å². The molecule has 104 valence electrons. The lowest BCUT2D eigenvalue weighted by Crippen LogP contribution is -1.93. The maximum atomic E-state index is 13.9. The summed E-state index contributed by atoms with van der Waals surface area (Å²) in [4.78, 5) is 4.19. The molecule has 0 spiro atoms. The second-order valence-corrected chi connectivity index (χ2v) is 5.13. The van der Waals surface area contributed by atoms with Gasteiger partial charge in [0.05, 0.1) is 6.61 Å². The molecule has 20 heavy (non-hydrogen) atoms. The van der Waals surface area contributed by atoms with Crippen molar-refractivity contribution < 1.29 is 9.50 Å². The number of hydrogen-bond acceptors (Lipinski definition) is 3. The molecule has 0 aliphatic rings. The minimum absolute atomic E-state index is 0.0217. The number of hydrogen-bond donors (Lipinski definition) is 1. The van der Waals surface area contributed by atoms with E-state index in [0.29, 0.717) is 23.3 Å². The highest BCUT2D eigenvalue weighted by Gasteiger charge is 2.06. The monoisotopic (exact) mass is 290 g/mol. The van der Waals surface area contributed by atoms with E-state index in [1.165, 1.54) is 17.8 Å². The van der Waals surface area contributed by atoms with Crippen molar-refractivity contribution >= 4 is 11.8 Å². The van der Waals surface area contributed by atoms with E-state index in [9.17, 15) is 4.39 Å². The number of aliphatic hydroxyl groups is 1. The first-order chi connectivity index (χ1) is 9.70. The van der Waals surface area contributed by atoms with Crippen LogP contribution in [0.2, 0.25) is 0 Å². The highest BCUT2D eigenvalue weighted by molar-refractivity contribution is 7.98. The first kappa shape index (κ1) is 14.6. The summed E-state index contributed by atoms with van der Waals surface area (Å²) in [6.07, 6.45) is 3.98. The molecule has 0 atom stereocenters. The fourth-order valence-electron chi connectivity index (χ4n) is 1.60. The van der Waals surface area contributed by atoms with Crippen molar-refractivity contribution in [2.75, 3.05) is 6.61 Å². The van der Waals surface area contributed by atoms with Gasteiger partial charge in [0.25, 0.3) is 0 Å². The summed E-state index contributed by atoms with van der Waals surface area (Å²) in [5.41, 5.74) is 1.26. The normalized spacial score (nSPS) is 10.2. The zero-order chi connectivity index (χ0) is 14.4. The molecule has 0 radical (unpaired) electrons. The molecule has 1 aromatic heterocycles. The Balaban J connectivity index is 2.03. The van der Waals surface area contributed by atoms with Crippen molar-refractivity contribution in [1.29, 1.82) is 0 Å². The largest absolute Gasteiger partial charge is 0.395 e. The zero-order valence-corrected chi connectivity index (χ0v) is 12.0. The third-order valence-electron chi connectivity index (χ3n) is 2.66. The molecule has 0 saturated carbocycles. The fraction of sp³-hybridized carbons (Fsp3) is 0.267. The predicted molar refractivity (Wildman–Crippen MR) is 77.7 cm³/mol. The number of rotatable bonds is 4. The number of aliphatic hydroxyl groups excluding tert-OH is 1. The minimum atomic E-state index is -0.262. The molecule has 0 aliphatic carbocycles. The average Bonchev–Trinajstić information content (AvgIpc) is 2.84. The zero-order valence-electron chi connectivity index (χ0n) is 11.1. The number of thioether (sulfide) groups is 1. The maximum absolute atomic E-state index is 13.9. The Morgan fingerprint density at radius 2 is 2.30 bits per heavy atom. The van der Waals surface area contributed by atoms with Crippen LogP contribution in [0, 0.1) is 17.7 Å². The molecular formula is C15H15FN2OS. The highest BCUT2D eigenvalue weighted by Crippen LogP contribution is 2.22. The Hall–Kier alpha value is -1.77. The number of halogens is 1. The molecule has 0 bridgehead atoms. The molecule has 0 unspecified atom stereocenters. The van der Waals surface area contributed by atoms with E-state index in [4.69, 9.17) is 5.11 Å². The highest BCUT2D eigenvalue weighted by atomic mass is 32.2.